The molecule has 0 saturated heterocycles. The number of aliphatic carboxylic acids is 1. The standard InChI is InChI=1S/C12H22N2O5/c1-8(2)19-7-11(16)14(9(3)12(17)18)6-5-13-10(4)15/h8-9H,5-7H2,1-4H3,(H,13,15)(H,17,18). The van der Waals surface area contributed by atoms with Crippen molar-refractivity contribution in [3.8, 4) is 0 Å². The summed E-state index contributed by atoms with van der Waals surface area (Å²) in [5, 5.41) is 11.5. The highest BCUT2D eigenvalue weighted by Gasteiger charge is 2.25. The van der Waals surface area contributed by atoms with E-state index in [-0.39, 0.29) is 31.7 Å². The lowest BCUT2D eigenvalue weighted by molar-refractivity contribution is -0.152. The molecule has 0 aromatic rings. The van der Waals surface area contributed by atoms with Crippen LogP contribution in [0.3, 0.4) is 0 Å². The summed E-state index contributed by atoms with van der Waals surface area (Å²) in [7, 11) is 0. The van der Waals surface area contributed by atoms with Crippen molar-refractivity contribution in [3.63, 3.8) is 0 Å². The molecular formula is C12H22N2O5. The average molecular weight is 274 g/mol. The molecule has 110 valence electrons. The number of amides is 2. The molecule has 1 unspecified atom stereocenters. The molecule has 0 aromatic heterocycles. The van der Waals surface area contributed by atoms with Gasteiger partial charge in [-0.1, -0.05) is 0 Å². The molecule has 0 aliphatic rings. The van der Waals surface area contributed by atoms with Gasteiger partial charge in [0.1, 0.15) is 12.6 Å². The predicted octanol–water partition coefficient (Wildman–Crippen LogP) is -0.151. The van der Waals surface area contributed by atoms with Crippen LogP contribution in [0.4, 0.5) is 0 Å². The molecule has 2 N–H and O–H groups in total. The molecule has 0 aliphatic carbocycles. The molecule has 0 aliphatic heterocycles. The van der Waals surface area contributed by atoms with Crippen LogP contribution in [0.25, 0.3) is 0 Å². The van der Waals surface area contributed by atoms with Gasteiger partial charge in [-0.3, -0.25) is 9.59 Å². The first-order chi connectivity index (χ1) is 8.75. The van der Waals surface area contributed by atoms with Crippen molar-refractivity contribution in [2.24, 2.45) is 0 Å². The van der Waals surface area contributed by atoms with Gasteiger partial charge in [-0.2, -0.15) is 0 Å². The van der Waals surface area contributed by atoms with Crippen molar-refractivity contribution >= 4 is 17.8 Å². The number of carboxylic acid groups (broad SMARTS) is 1. The maximum absolute atomic E-state index is 11.9. The largest absolute Gasteiger partial charge is 0.480 e. The Labute approximate surface area is 112 Å². The number of nitrogens with zero attached hydrogens (tertiary/aromatic N) is 1. The number of hydrogen-bond donors (Lipinski definition) is 2. The Kier molecular flexibility index (Phi) is 7.74. The quantitative estimate of drug-likeness (QED) is 0.641. The van der Waals surface area contributed by atoms with Gasteiger partial charge in [0.15, 0.2) is 0 Å². The van der Waals surface area contributed by atoms with E-state index in [0.717, 1.165) is 0 Å². The van der Waals surface area contributed by atoms with Crippen LogP contribution in [-0.4, -0.2) is 59.6 Å². The zero-order valence-electron chi connectivity index (χ0n) is 11.8. The zero-order valence-corrected chi connectivity index (χ0v) is 11.8. The Morgan fingerprint density at radius 2 is 1.84 bits per heavy atom. The second-order valence-electron chi connectivity index (χ2n) is 4.44. The van der Waals surface area contributed by atoms with Crippen LogP contribution in [0.2, 0.25) is 0 Å². The fourth-order valence-electron chi connectivity index (χ4n) is 1.34. The van der Waals surface area contributed by atoms with Crippen molar-refractivity contribution < 1.29 is 24.2 Å². The molecule has 7 heteroatoms. The highest BCUT2D eigenvalue weighted by atomic mass is 16.5. The summed E-state index contributed by atoms with van der Waals surface area (Å²) in [5.41, 5.74) is 0. The SMILES string of the molecule is CC(=O)NCCN(C(=O)COC(C)C)C(C)C(=O)O. The fraction of sp³-hybridized carbons (Fsp3) is 0.750. The van der Waals surface area contributed by atoms with E-state index in [2.05, 4.69) is 5.32 Å². The van der Waals surface area contributed by atoms with Crippen molar-refractivity contribution in [3.05, 3.63) is 0 Å². The lowest BCUT2D eigenvalue weighted by Gasteiger charge is -2.26. The van der Waals surface area contributed by atoms with E-state index in [9.17, 15) is 14.4 Å². The number of rotatable bonds is 8. The van der Waals surface area contributed by atoms with Crippen LogP contribution in [0.5, 0.6) is 0 Å². The van der Waals surface area contributed by atoms with Gasteiger partial charge in [-0.15, -0.1) is 0 Å². The van der Waals surface area contributed by atoms with Crippen LogP contribution in [0, 0.1) is 0 Å². The Morgan fingerprint density at radius 3 is 2.26 bits per heavy atom. The van der Waals surface area contributed by atoms with E-state index in [0.29, 0.717) is 0 Å². The number of carboxylic acids is 1. The number of hydrogen-bond acceptors (Lipinski definition) is 4. The first kappa shape index (κ1) is 17.4. The second kappa shape index (κ2) is 8.47. The lowest BCUT2D eigenvalue weighted by atomic mass is 10.2. The maximum Gasteiger partial charge on any atom is 0.326 e. The molecule has 2 amide bonds. The Balaban J connectivity index is 4.52. The van der Waals surface area contributed by atoms with E-state index < -0.39 is 17.9 Å². The first-order valence-corrected chi connectivity index (χ1v) is 6.14. The van der Waals surface area contributed by atoms with Crippen molar-refractivity contribution in [1.29, 1.82) is 0 Å². The number of carbonyl (C=O) groups excluding carboxylic acids is 2. The smallest absolute Gasteiger partial charge is 0.326 e. The number of ether oxygens (including phenoxy) is 1. The van der Waals surface area contributed by atoms with Crippen LogP contribution in [0.15, 0.2) is 0 Å². The monoisotopic (exact) mass is 274 g/mol. The maximum atomic E-state index is 11.9. The lowest BCUT2D eigenvalue weighted by Crippen LogP contribution is -2.48. The topological polar surface area (TPSA) is 95.9 Å². The molecule has 7 nitrogen and oxygen atoms in total. The van der Waals surface area contributed by atoms with Gasteiger partial charge in [0.25, 0.3) is 0 Å². The number of nitrogens with one attached hydrogen (secondary N) is 1. The summed E-state index contributed by atoms with van der Waals surface area (Å²) in [6, 6.07) is -0.961. The summed E-state index contributed by atoms with van der Waals surface area (Å²) in [6.45, 7) is 6.52. The van der Waals surface area contributed by atoms with Gasteiger partial charge < -0.3 is 20.1 Å². The number of carbonyl (C=O) groups is 3. The summed E-state index contributed by atoms with van der Waals surface area (Å²) >= 11 is 0. The van der Waals surface area contributed by atoms with Gasteiger partial charge >= 0.3 is 5.97 Å². The normalized spacial score (nSPS) is 12.1. The third kappa shape index (κ3) is 7.40. The van der Waals surface area contributed by atoms with Gasteiger partial charge in [0.2, 0.25) is 11.8 Å². The van der Waals surface area contributed by atoms with Gasteiger partial charge in [-0.25, -0.2) is 4.79 Å². The minimum absolute atomic E-state index is 0.110. The molecule has 0 radical (unpaired) electrons. The van der Waals surface area contributed by atoms with E-state index in [1.54, 1.807) is 13.8 Å². The van der Waals surface area contributed by atoms with E-state index in [1.165, 1.54) is 18.7 Å². The average Bonchev–Trinajstić information content (AvgIpc) is 2.30. The Hall–Kier alpha value is -1.63. The molecule has 0 spiro atoms. The summed E-state index contributed by atoms with van der Waals surface area (Å²) < 4.78 is 5.17. The first-order valence-electron chi connectivity index (χ1n) is 6.14. The minimum Gasteiger partial charge on any atom is -0.480 e. The molecular weight excluding hydrogens is 252 g/mol. The van der Waals surface area contributed by atoms with Crippen molar-refractivity contribution in [1.82, 2.24) is 10.2 Å². The fourth-order valence-corrected chi connectivity index (χ4v) is 1.34. The molecule has 19 heavy (non-hydrogen) atoms. The van der Waals surface area contributed by atoms with Crippen molar-refractivity contribution in [2.75, 3.05) is 19.7 Å². The summed E-state index contributed by atoms with van der Waals surface area (Å²) in [6.07, 6.45) is -0.110. The molecule has 0 saturated carbocycles. The minimum atomic E-state index is -1.10. The molecule has 1 atom stereocenters. The van der Waals surface area contributed by atoms with Crippen LogP contribution >= 0.6 is 0 Å². The van der Waals surface area contributed by atoms with Gasteiger partial charge in [0, 0.05) is 20.0 Å². The van der Waals surface area contributed by atoms with E-state index >= 15 is 0 Å². The molecule has 0 fully saturated rings. The van der Waals surface area contributed by atoms with Gasteiger partial charge in [-0.05, 0) is 20.8 Å². The van der Waals surface area contributed by atoms with Gasteiger partial charge in [0.05, 0.1) is 6.10 Å². The second-order valence-corrected chi connectivity index (χ2v) is 4.44. The van der Waals surface area contributed by atoms with Crippen molar-refractivity contribution in [2.45, 2.75) is 39.8 Å². The summed E-state index contributed by atoms with van der Waals surface area (Å²) in [5.74, 6) is -1.73. The molecule has 0 rings (SSSR count). The highest BCUT2D eigenvalue weighted by molar-refractivity contribution is 5.84. The molecule has 0 heterocycles. The third-order valence-corrected chi connectivity index (χ3v) is 2.41. The van der Waals surface area contributed by atoms with E-state index in [4.69, 9.17) is 9.84 Å². The molecule has 0 aromatic carbocycles. The van der Waals surface area contributed by atoms with Crippen LogP contribution in [-0.2, 0) is 19.1 Å². The zero-order chi connectivity index (χ0) is 15.0. The third-order valence-electron chi connectivity index (χ3n) is 2.41. The van der Waals surface area contributed by atoms with Crippen LogP contribution < -0.4 is 5.32 Å². The van der Waals surface area contributed by atoms with Crippen LogP contribution in [0.1, 0.15) is 27.7 Å². The molecule has 0 bridgehead atoms. The predicted molar refractivity (Wildman–Crippen MR) is 68.6 cm³/mol. The Morgan fingerprint density at radius 1 is 1.26 bits per heavy atom. The summed E-state index contributed by atoms with van der Waals surface area (Å²) in [4.78, 5) is 34.8. The highest BCUT2D eigenvalue weighted by Crippen LogP contribution is 2.01. The van der Waals surface area contributed by atoms with E-state index in [1.807, 2.05) is 0 Å². The Bertz CT molecular complexity index is 330.